The van der Waals surface area contributed by atoms with Gasteiger partial charge in [0.05, 0.1) is 23.3 Å². The topological polar surface area (TPSA) is 136 Å². The number of carbonyl (C=O) groups is 3. The number of likely N-dealkylation sites (N-methyl/N-ethyl adjacent to an activating group) is 1. The maximum absolute atomic E-state index is 13.9. The maximum Gasteiger partial charge on any atom is 0.303 e. The number of anilines is 2. The summed E-state index contributed by atoms with van der Waals surface area (Å²) >= 11 is 0. The normalized spacial score (nSPS) is 14.8. The maximum atomic E-state index is 13.9. The van der Waals surface area contributed by atoms with E-state index in [9.17, 15) is 27.2 Å². The SMILES string of the molecule is CN(C)C(=O)CN(c1ccc(N=C(c2cccc(CCC(=O)O)c2)C2C(=O)Nc3cc(F)ccc32)cc1)S(C)(=O)=O. The van der Waals surface area contributed by atoms with Crippen LogP contribution in [-0.4, -0.2) is 68.8 Å². The van der Waals surface area contributed by atoms with E-state index in [0.29, 0.717) is 28.2 Å². The minimum atomic E-state index is -3.77. The van der Waals surface area contributed by atoms with Crippen molar-refractivity contribution < 1.29 is 32.3 Å². The molecule has 0 saturated heterocycles. The summed E-state index contributed by atoms with van der Waals surface area (Å²) in [5, 5.41) is 11.8. The van der Waals surface area contributed by atoms with Crippen LogP contribution in [0.5, 0.6) is 0 Å². The molecule has 1 unspecified atom stereocenters. The smallest absolute Gasteiger partial charge is 0.303 e. The van der Waals surface area contributed by atoms with E-state index < -0.39 is 39.5 Å². The monoisotopic (exact) mass is 580 g/mol. The van der Waals surface area contributed by atoms with Crippen LogP contribution in [0.15, 0.2) is 71.7 Å². The molecule has 2 N–H and O–H groups in total. The molecule has 1 heterocycles. The molecule has 0 radical (unpaired) electrons. The second kappa shape index (κ2) is 11.9. The molecule has 41 heavy (non-hydrogen) atoms. The Hall–Kier alpha value is -4.58. The van der Waals surface area contributed by atoms with Gasteiger partial charge in [0, 0.05) is 26.2 Å². The summed E-state index contributed by atoms with van der Waals surface area (Å²) in [6.07, 6.45) is 1.21. The number of carboxylic acids is 1. The first-order valence-electron chi connectivity index (χ1n) is 12.6. The molecule has 10 nitrogen and oxygen atoms in total. The Kier molecular flexibility index (Phi) is 8.52. The predicted octanol–water partition coefficient (Wildman–Crippen LogP) is 3.55. The lowest BCUT2D eigenvalue weighted by atomic mass is 9.89. The summed E-state index contributed by atoms with van der Waals surface area (Å²) in [5.74, 6) is -3.12. The summed E-state index contributed by atoms with van der Waals surface area (Å²) in [6.45, 7) is -0.377. The molecular formula is C29H29FN4O6S. The Bertz CT molecular complexity index is 1640. The van der Waals surface area contributed by atoms with Crippen molar-refractivity contribution in [1.82, 2.24) is 4.90 Å². The standard InChI is InChI=1S/C29H29FN4O6S/c1-33(2)25(35)17-34(41(3,39)40)22-11-9-21(10-12-22)31-28(19-6-4-5-18(15-19)7-14-26(36)37)27-23-13-8-20(30)16-24(23)32-29(27)38/h4-6,8-13,15-16,27H,7,14,17H2,1-3H3,(H,32,38)(H,36,37). The van der Waals surface area contributed by atoms with Crippen LogP contribution in [0, 0.1) is 5.82 Å². The number of nitrogens with zero attached hydrogens (tertiary/aromatic N) is 3. The van der Waals surface area contributed by atoms with Gasteiger partial charge in [-0.2, -0.15) is 0 Å². The molecule has 0 spiro atoms. The van der Waals surface area contributed by atoms with Gasteiger partial charge in [-0.05, 0) is 65.6 Å². The molecule has 1 atom stereocenters. The minimum Gasteiger partial charge on any atom is -0.481 e. The van der Waals surface area contributed by atoms with Gasteiger partial charge >= 0.3 is 5.97 Å². The molecule has 0 aliphatic carbocycles. The summed E-state index contributed by atoms with van der Waals surface area (Å²) in [4.78, 5) is 42.6. The van der Waals surface area contributed by atoms with E-state index in [0.717, 1.165) is 16.1 Å². The van der Waals surface area contributed by atoms with Crippen molar-refractivity contribution in [1.29, 1.82) is 0 Å². The molecule has 0 saturated carbocycles. The molecule has 12 heteroatoms. The highest BCUT2D eigenvalue weighted by atomic mass is 32.2. The van der Waals surface area contributed by atoms with E-state index in [1.165, 1.54) is 49.3 Å². The summed E-state index contributed by atoms with van der Waals surface area (Å²) in [7, 11) is -0.710. The summed E-state index contributed by atoms with van der Waals surface area (Å²) in [6, 6.07) is 17.2. The molecule has 3 aromatic carbocycles. The fraction of sp³-hybridized carbons (Fsp3) is 0.241. The second-order valence-corrected chi connectivity index (χ2v) is 11.7. The lowest BCUT2D eigenvalue weighted by Crippen LogP contribution is -2.39. The third-order valence-corrected chi connectivity index (χ3v) is 7.68. The molecule has 1 aliphatic rings. The van der Waals surface area contributed by atoms with E-state index >= 15 is 0 Å². The van der Waals surface area contributed by atoms with E-state index in [-0.39, 0.29) is 25.1 Å². The fourth-order valence-electron chi connectivity index (χ4n) is 4.44. The predicted molar refractivity (Wildman–Crippen MR) is 154 cm³/mol. The molecule has 1 aliphatic heterocycles. The zero-order valence-electron chi connectivity index (χ0n) is 22.7. The van der Waals surface area contributed by atoms with Gasteiger partial charge in [-0.15, -0.1) is 0 Å². The van der Waals surface area contributed by atoms with Crippen molar-refractivity contribution >= 4 is 50.6 Å². The first-order valence-corrected chi connectivity index (χ1v) is 14.5. The van der Waals surface area contributed by atoms with Gasteiger partial charge in [0.15, 0.2) is 0 Å². The molecule has 214 valence electrons. The van der Waals surface area contributed by atoms with Crippen molar-refractivity contribution in [2.24, 2.45) is 4.99 Å². The third-order valence-electron chi connectivity index (χ3n) is 6.54. The Balaban J connectivity index is 1.78. The number of nitrogens with one attached hydrogen (secondary N) is 1. The molecule has 2 amide bonds. The van der Waals surface area contributed by atoms with E-state index in [1.54, 1.807) is 36.4 Å². The first kappa shape index (κ1) is 29.4. The second-order valence-electron chi connectivity index (χ2n) is 9.82. The van der Waals surface area contributed by atoms with Gasteiger partial charge in [-0.25, -0.2) is 12.8 Å². The fourth-order valence-corrected chi connectivity index (χ4v) is 5.29. The Morgan fingerprint density at radius 2 is 1.76 bits per heavy atom. The number of halogens is 1. The Morgan fingerprint density at radius 3 is 2.39 bits per heavy atom. The molecule has 3 aromatic rings. The van der Waals surface area contributed by atoms with Crippen LogP contribution >= 0.6 is 0 Å². The van der Waals surface area contributed by atoms with Crippen LogP contribution in [0.2, 0.25) is 0 Å². The molecule has 0 fully saturated rings. The zero-order valence-corrected chi connectivity index (χ0v) is 23.5. The Morgan fingerprint density at radius 1 is 1.05 bits per heavy atom. The molecular weight excluding hydrogens is 551 g/mol. The highest BCUT2D eigenvalue weighted by molar-refractivity contribution is 7.92. The summed E-state index contributed by atoms with van der Waals surface area (Å²) < 4.78 is 39.8. The number of hydrogen-bond donors (Lipinski definition) is 2. The number of hydrogen-bond acceptors (Lipinski definition) is 6. The van der Waals surface area contributed by atoms with Gasteiger partial charge in [-0.3, -0.25) is 23.7 Å². The quantitative estimate of drug-likeness (QED) is 0.352. The van der Waals surface area contributed by atoms with Crippen molar-refractivity contribution in [2.45, 2.75) is 18.8 Å². The van der Waals surface area contributed by atoms with E-state index in [4.69, 9.17) is 10.1 Å². The average molecular weight is 581 g/mol. The van der Waals surface area contributed by atoms with Crippen molar-refractivity contribution in [3.05, 3.63) is 89.2 Å². The van der Waals surface area contributed by atoms with E-state index in [2.05, 4.69) is 5.32 Å². The van der Waals surface area contributed by atoms with Crippen molar-refractivity contribution in [3.8, 4) is 0 Å². The molecule has 0 bridgehead atoms. The van der Waals surface area contributed by atoms with Gasteiger partial charge < -0.3 is 15.3 Å². The number of aliphatic carboxylic acids is 1. The number of carbonyl (C=O) groups excluding carboxylic acids is 2. The van der Waals surface area contributed by atoms with Crippen LogP contribution in [-0.2, 0) is 30.8 Å². The van der Waals surface area contributed by atoms with Gasteiger partial charge in [0.1, 0.15) is 18.3 Å². The largest absolute Gasteiger partial charge is 0.481 e. The highest BCUT2D eigenvalue weighted by Crippen LogP contribution is 2.37. The van der Waals surface area contributed by atoms with Crippen LogP contribution < -0.4 is 9.62 Å². The van der Waals surface area contributed by atoms with Gasteiger partial charge in [0.2, 0.25) is 21.8 Å². The minimum absolute atomic E-state index is 0.0728. The lowest BCUT2D eigenvalue weighted by molar-refractivity contribution is -0.137. The van der Waals surface area contributed by atoms with Crippen molar-refractivity contribution in [2.75, 3.05) is 36.5 Å². The number of carboxylic acid groups (broad SMARTS) is 1. The van der Waals surface area contributed by atoms with Crippen LogP contribution in [0.4, 0.5) is 21.5 Å². The number of amides is 2. The third kappa shape index (κ3) is 6.95. The number of aryl methyl sites for hydroxylation is 1. The number of benzene rings is 3. The van der Waals surface area contributed by atoms with E-state index in [1.807, 2.05) is 0 Å². The van der Waals surface area contributed by atoms with Gasteiger partial charge in [-0.1, -0.05) is 24.3 Å². The van der Waals surface area contributed by atoms with Gasteiger partial charge in [0.25, 0.3) is 0 Å². The number of aliphatic imine (C=N–C) groups is 1. The number of sulfonamides is 1. The van der Waals surface area contributed by atoms with Crippen LogP contribution in [0.1, 0.15) is 29.0 Å². The molecule has 0 aromatic heterocycles. The zero-order chi connectivity index (χ0) is 29.9. The first-order chi connectivity index (χ1) is 19.3. The Labute approximate surface area is 237 Å². The summed E-state index contributed by atoms with van der Waals surface area (Å²) in [5.41, 5.74) is 3.19. The van der Waals surface area contributed by atoms with Crippen molar-refractivity contribution in [3.63, 3.8) is 0 Å². The van der Waals surface area contributed by atoms with Crippen LogP contribution in [0.3, 0.4) is 0 Å². The number of fused-ring (bicyclic) bond motifs is 1. The highest BCUT2D eigenvalue weighted by Gasteiger charge is 2.36. The van der Waals surface area contributed by atoms with Crippen LogP contribution in [0.25, 0.3) is 0 Å². The molecule has 4 rings (SSSR count). The average Bonchev–Trinajstić information content (AvgIpc) is 3.23. The number of rotatable bonds is 10. The lowest BCUT2D eigenvalue weighted by Gasteiger charge is -2.23.